The van der Waals surface area contributed by atoms with Crippen LogP contribution in [0, 0.1) is 0 Å². The lowest BCUT2D eigenvalue weighted by molar-refractivity contribution is 0.0600. The number of fused-ring (bicyclic) bond motifs is 3. The molecule has 0 aliphatic carbocycles. The molecule has 8 nitrogen and oxygen atoms in total. The van der Waals surface area contributed by atoms with E-state index in [1.54, 1.807) is 42.5 Å². The van der Waals surface area contributed by atoms with Gasteiger partial charge in [0.15, 0.2) is 5.82 Å². The summed E-state index contributed by atoms with van der Waals surface area (Å²) in [6.07, 6.45) is 0. The molecule has 8 heteroatoms. The van der Waals surface area contributed by atoms with Crippen LogP contribution >= 0.6 is 0 Å². The van der Waals surface area contributed by atoms with E-state index in [9.17, 15) is 9.59 Å². The Hall–Kier alpha value is -3.94. The quantitative estimate of drug-likeness (QED) is 0.329. The van der Waals surface area contributed by atoms with Gasteiger partial charge in [-0.1, -0.05) is 12.1 Å². The van der Waals surface area contributed by atoms with Crippen LogP contribution in [-0.2, 0) is 4.74 Å². The summed E-state index contributed by atoms with van der Waals surface area (Å²) in [7, 11) is 2.84. The monoisotopic (exact) mass is 377 g/mol. The van der Waals surface area contributed by atoms with Gasteiger partial charge < -0.3 is 19.6 Å². The fourth-order valence-electron chi connectivity index (χ4n) is 2.94. The van der Waals surface area contributed by atoms with E-state index >= 15 is 0 Å². The number of nitrogen functional groups attached to an aromatic ring is 1. The zero-order valence-electron chi connectivity index (χ0n) is 15.1. The number of hydrogen-bond donors (Lipinski definition) is 1. The first-order chi connectivity index (χ1) is 13.5. The molecule has 0 aliphatic rings. The van der Waals surface area contributed by atoms with E-state index in [4.69, 9.17) is 19.6 Å². The Kier molecular flexibility index (Phi) is 4.15. The highest BCUT2D eigenvalue weighted by Crippen LogP contribution is 2.29. The van der Waals surface area contributed by atoms with Gasteiger partial charge in [0.05, 0.1) is 25.3 Å². The summed E-state index contributed by atoms with van der Waals surface area (Å²) in [6.45, 7) is 0. The molecule has 2 aromatic carbocycles. The smallest absolute Gasteiger partial charge is 0.349 e. The van der Waals surface area contributed by atoms with Gasteiger partial charge in [-0.3, -0.25) is 0 Å². The zero-order chi connectivity index (χ0) is 19.8. The number of carbonyl (C=O) groups is 1. The van der Waals surface area contributed by atoms with Crippen LogP contribution in [0.3, 0.4) is 0 Å². The number of esters is 1. The molecule has 140 valence electrons. The Morgan fingerprint density at radius 1 is 1.07 bits per heavy atom. The van der Waals surface area contributed by atoms with Crippen molar-refractivity contribution in [1.82, 2.24) is 9.97 Å². The molecule has 2 N–H and O–H groups in total. The molecule has 0 amide bonds. The lowest BCUT2D eigenvalue weighted by Crippen LogP contribution is -2.08. The number of nitrogens with zero attached hydrogens (tertiary/aromatic N) is 2. The number of benzene rings is 2. The molecule has 0 fully saturated rings. The largest absolute Gasteiger partial charge is 0.497 e. The van der Waals surface area contributed by atoms with Crippen molar-refractivity contribution in [2.45, 2.75) is 0 Å². The lowest BCUT2D eigenvalue weighted by Gasteiger charge is -2.08. The molecular weight excluding hydrogens is 362 g/mol. The molecule has 4 rings (SSSR count). The van der Waals surface area contributed by atoms with Gasteiger partial charge in [-0.25, -0.2) is 19.6 Å². The highest BCUT2D eigenvalue weighted by Gasteiger charge is 2.16. The third-order valence-electron chi connectivity index (χ3n) is 4.35. The van der Waals surface area contributed by atoms with Crippen LogP contribution < -0.4 is 16.1 Å². The van der Waals surface area contributed by atoms with E-state index in [2.05, 4.69) is 9.97 Å². The number of nitrogens with two attached hydrogens (primary N) is 1. The van der Waals surface area contributed by atoms with Crippen molar-refractivity contribution in [1.29, 1.82) is 0 Å². The molecule has 0 saturated heterocycles. The summed E-state index contributed by atoms with van der Waals surface area (Å²) < 4.78 is 15.2. The van der Waals surface area contributed by atoms with E-state index in [0.717, 1.165) is 0 Å². The highest BCUT2D eigenvalue weighted by atomic mass is 16.5. The number of ether oxygens (including phenoxy) is 2. The van der Waals surface area contributed by atoms with Gasteiger partial charge in [-0.15, -0.1) is 0 Å². The van der Waals surface area contributed by atoms with E-state index in [-0.39, 0.29) is 11.2 Å². The van der Waals surface area contributed by atoms with Gasteiger partial charge in [0.25, 0.3) is 0 Å². The van der Waals surface area contributed by atoms with Crippen LogP contribution in [0.15, 0.2) is 51.7 Å². The van der Waals surface area contributed by atoms with Crippen molar-refractivity contribution in [2.24, 2.45) is 0 Å². The average Bonchev–Trinajstić information content (AvgIpc) is 2.72. The van der Waals surface area contributed by atoms with Crippen LogP contribution in [0.25, 0.3) is 33.3 Å². The minimum atomic E-state index is -0.624. The third-order valence-corrected chi connectivity index (χ3v) is 4.35. The fraction of sp³-hybridized carbons (Fsp3) is 0.100. The second-order valence-corrected chi connectivity index (χ2v) is 5.98. The van der Waals surface area contributed by atoms with Gasteiger partial charge in [-0.2, -0.15) is 0 Å². The first-order valence-corrected chi connectivity index (χ1v) is 8.28. The zero-order valence-corrected chi connectivity index (χ0v) is 15.1. The lowest BCUT2D eigenvalue weighted by atomic mass is 10.1. The minimum absolute atomic E-state index is 0.0171. The van der Waals surface area contributed by atoms with Crippen LogP contribution in [-0.4, -0.2) is 30.2 Å². The predicted molar refractivity (Wildman–Crippen MR) is 103 cm³/mol. The maximum atomic E-state index is 12.4. The maximum Gasteiger partial charge on any atom is 0.349 e. The standard InChI is InChI=1S/C20H15N3O5/c1-26-12-7-8-13-14(9-12)28-20(25)15-16(13)22-18(23-17(15)21)10-3-5-11(6-4-10)19(24)27-2/h3-9H,1-2H3,(H2,21,22,23). The first kappa shape index (κ1) is 17.5. The Labute approximate surface area is 158 Å². The summed E-state index contributed by atoms with van der Waals surface area (Å²) in [5.74, 6) is 0.450. The van der Waals surface area contributed by atoms with Crippen LogP contribution in [0.2, 0.25) is 0 Å². The summed E-state index contributed by atoms with van der Waals surface area (Å²) in [5.41, 5.74) is 7.16. The van der Waals surface area contributed by atoms with Crippen LogP contribution in [0.1, 0.15) is 10.4 Å². The average molecular weight is 377 g/mol. The van der Waals surface area contributed by atoms with Crippen LogP contribution in [0.5, 0.6) is 5.75 Å². The molecule has 28 heavy (non-hydrogen) atoms. The Balaban J connectivity index is 1.95. The molecule has 0 radical (unpaired) electrons. The van der Waals surface area contributed by atoms with Crippen molar-refractivity contribution in [3.63, 3.8) is 0 Å². The van der Waals surface area contributed by atoms with Gasteiger partial charge >= 0.3 is 11.6 Å². The molecule has 0 atom stereocenters. The van der Waals surface area contributed by atoms with Crippen molar-refractivity contribution in [3.05, 3.63) is 58.4 Å². The number of hydrogen-bond acceptors (Lipinski definition) is 8. The summed E-state index contributed by atoms with van der Waals surface area (Å²) in [6, 6.07) is 11.7. The first-order valence-electron chi connectivity index (χ1n) is 8.28. The minimum Gasteiger partial charge on any atom is -0.497 e. The number of aromatic nitrogens is 2. The van der Waals surface area contributed by atoms with E-state index < -0.39 is 11.6 Å². The van der Waals surface area contributed by atoms with Gasteiger partial charge in [0.2, 0.25) is 0 Å². The Morgan fingerprint density at radius 2 is 1.82 bits per heavy atom. The predicted octanol–water partition coefficient (Wildman–Crippen LogP) is 2.78. The molecule has 0 spiro atoms. The van der Waals surface area contributed by atoms with Crippen molar-refractivity contribution >= 4 is 33.7 Å². The molecule has 0 unspecified atom stereocenters. The topological polar surface area (TPSA) is 118 Å². The van der Waals surface area contributed by atoms with E-state index in [1.165, 1.54) is 14.2 Å². The van der Waals surface area contributed by atoms with Gasteiger partial charge in [-0.05, 0) is 24.3 Å². The second-order valence-electron chi connectivity index (χ2n) is 5.98. The van der Waals surface area contributed by atoms with Crippen molar-refractivity contribution in [2.75, 3.05) is 20.0 Å². The third kappa shape index (κ3) is 2.81. The molecular formula is C20H15N3O5. The molecule has 4 aromatic rings. The molecule has 0 bridgehead atoms. The summed E-state index contributed by atoms with van der Waals surface area (Å²) in [4.78, 5) is 32.8. The van der Waals surface area contributed by atoms with E-state index in [1.807, 2.05) is 0 Å². The molecule has 0 aliphatic heterocycles. The van der Waals surface area contributed by atoms with Gasteiger partial charge in [0, 0.05) is 17.0 Å². The summed E-state index contributed by atoms with van der Waals surface area (Å²) >= 11 is 0. The van der Waals surface area contributed by atoms with Gasteiger partial charge in [0.1, 0.15) is 22.5 Å². The van der Waals surface area contributed by atoms with Crippen molar-refractivity contribution < 1.29 is 18.7 Å². The number of anilines is 1. The van der Waals surface area contributed by atoms with E-state index in [0.29, 0.717) is 39.2 Å². The van der Waals surface area contributed by atoms with Crippen molar-refractivity contribution in [3.8, 4) is 17.1 Å². The Bertz CT molecular complexity index is 1280. The highest BCUT2D eigenvalue weighted by molar-refractivity contribution is 6.05. The van der Waals surface area contributed by atoms with Crippen LogP contribution in [0.4, 0.5) is 5.82 Å². The SMILES string of the molecule is COC(=O)c1ccc(-c2nc(N)c3c(=O)oc4cc(OC)ccc4c3n2)cc1. The molecule has 2 heterocycles. The number of carbonyl (C=O) groups excluding carboxylic acids is 1. The Morgan fingerprint density at radius 3 is 2.50 bits per heavy atom. The molecule has 0 saturated carbocycles. The molecule has 2 aromatic heterocycles. The second kappa shape index (κ2) is 6.66. The number of rotatable bonds is 3. The maximum absolute atomic E-state index is 12.4. The number of methoxy groups -OCH3 is 2. The fourth-order valence-corrected chi connectivity index (χ4v) is 2.94. The summed E-state index contributed by atoms with van der Waals surface area (Å²) in [5, 5.41) is 0.726. The normalized spacial score (nSPS) is 10.9.